The molecule has 1 atom stereocenters. The van der Waals surface area contributed by atoms with Crippen molar-refractivity contribution in [3.8, 4) is 0 Å². The first kappa shape index (κ1) is 7.09. The fourth-order valence-corrected chi connectivity index (χ4v) is 0.489. The molecule has 0 aliphatic heterocycles. The van der Waals surface area contributed by atoms with Crippen LogP contribution in [0.1, 0.15) is 0 Å². The van der Waals surface area contributed by atoms with Crippen LogP contribution >= 0.6 is 9.39 Å². The summed E-state index contributed by atoms with van der Waals surface area (Å²) in [5.74, 6) is 0. The van der Waals surface area contributed by atoms with E-state index in [4.69, 9.17) is 5.11 Å². The van der Waals surface area contributed by atoms with Gasteiger partial charge in [-0.05, 0) is 5.57 Å². The lowest BCUT2D eigenvalue weighted by Crippen LogP contribution is -2.05. The molecule has 0 saturated carbocycles. The molecular formula is C4H10NOP. The van der Waals surface area contributed by atoms with Crippen molar-refractivity contribution < 1.29 is 5.11 Å². The highest BCUT2D eigenvalue weighted by molar-refractivity contribution is 7.13. The molecule has 1 unspecified atom stereocenters. The second kappa shape index (κ2) is 4.25. The Hall–Kier alpha value is 0.0900. The Labute approximate surface area is 45.9 Å². The Morgan fingerprint density at radius 1 is 1.86 bits per heavy atom. The van der Waals surface area contributed by atoms with Crippen LogP contribution in [0.4, 0.5) is 0 Å². The zero-order valence-electron chi connectivity index (χ0n) is 4.15. The predicted octanol–water partition coefficient (Wildman–Crippen LogP) is -0.0854. The second-order valence-electron chi connectivity index (χ2n) is 1.29. The van der Waals surface area contributed by atoms with Crippen molar-refractivity contribution in [2.75, 3.05) is 13.2 Å². The fraction of sp³-hybridized carbons (Fsp3) is 0.500. The predicted molar refractivity (Wildman–Crippen MR) is 33.9 cm³/mol. The van der Waals surface area contributed by atoms with Crippen LogP contribution in [0.2, 0.25) is 0 Å². The van der Waals surface area contributed by atoms with Crippen LogP contribution in [-0.2, 0) is 0 Å². The Kier molecular flexibility index (Phi) is 4.31. The van der Waals surface area contributed by atoms with E-state index in [1.165, 1.54) is 0 Å². The molecule has 3 heteroatoms. The summed E-state index contributed by atoms with van der Waals surface area (Å²) in [5, 5.41) is 11.1. The molecule has 0 amide bonds. The molecular weight excluding hydrogens is 109 g/mol. The monoisotopic (exact) mass is 119 g/mol. The molecule has 0 radical (unpaired) electrons. The van der Waals surface area contributed by atoms with E-state index in [0.717, 1.165) is 5.57 Å². The largest absolute Gasteiger partial charge is 0.392 e. The summed E-state index contributed by atoms with van der Waals surface area (Å²) in [4.78, 5) is 0. The van der Waals surface area contributed by atoms with E-state index in [1.54, 1.807) is 0 Å². The van der Waals surface area contributed by atoms with Crippen molar-refractivity contribution in [3.05, 3.63) is 12.2 Å². The van der Waals surface area contributed by atoms with Crippen LogP contribution < -0.4 is 5.09 Å². The van der Waals surface area contributed by atoms with Gasteiger partial charge in [-0.3, -0.25) is 5.09 Å². The molecule has 0 aromatic rings. The average molecular weight is 119 g/mol. The molecule has 0 aromatic carbocycles. The minimum Gasteiger partial charge on any atom is -0.392 e. The lowest BCUT2D eigenvalue weighted by molar-refractivity contribution is 0.329. The third-order valence-electron chi connectivity index (χ3n) is 0.576. The lowest BCUT2D eigenvalue weighted by atomic mass is 10.3. The molecule has 0 heterocycles. The van der Waals surface area contributed by atoms with Gasteiger partial charge in [0.15, 0.2) is 0 Å². The van der Waals surface area contributed by atoms with Crippen molar-refractivity contribution in [1.29, 1.82) is 0 Å². The quantitative estimate of drug-likeness (QED) is 0.402. The van der Waals surface area contributed by atoms with Crippen LogP contribution in [0.15, 0.2) is 12.2 Å². The molecule has 0 bridgehead atoms. The molecule has 0 aliphatic carbocycles. The maximum atomic E-state index is 8.32. The third-order valence-corrected chi connectivity index (χ3v) is 0.780. The zero-order valence-corrected chi connectivity index (χ0v) is 5.30. The highest BCUT2D eigenvalue weighted by Crippen LogP contribution is 1.83. The highest BCUT2D eigenvalue weighted by atomic mass is 31.0. The summed E-state index contributed by atoms with van der Waals surface area (Å²) in [7, 11) is 2.33. The molecule has 2 N–H and O–H groups in total. The second-order valence-corrected chi connectivity index (χ2v) is 1.70. The molecule has 0 aromatic heterocycles. The molecule has 0 rings (SSSR count). The standard InChI is InChI=1S/C4H10NOP/c1-4(3-6)2-5-7/h5-6H,1-3,7H2. The van der Waals surface area contributed by atoms with E-state index >= 15 is 0 Å². The van der Waals surface area contributed by atoms with Gasteiger partial charge in [0, 0.05) is 6.54 Å². The topological polar surface area (TPSA) is 32.3 Å². The first-order valence-corrected chi connectivity index (χ1v) is 2.60. The highest BCUT2D eigenvalue weighted by Gasteiger charge is 1.83. The van der Waals surface area contributed by atoms with Crippen LogP contribution in [-0.4, -0.2) is 18.3 Å². The minimum atomic E-state index is 0.0708. The van der Waals surface area contributed by atoms with Gasteiger partial charge in [-0.15, -0.1) is 0 Å². The van der Waals surface area contributed by atoms with Crippen LogP contribution in [0, 0.1) is 0 Å². The van der Waals surface area contributed by atoms with Gasteiger partial charge in [0.2, 0.25) is 0 Å². The van der Waals surface area contributed by atoms with E-state index in [2.05, 4.69) is 21.1 Å². The Balaban J connectivity index is 3.00. The maximum absolute atomic E-state index is 8.32. The van der Waals surface area contributed by atoms with Crippen molar-refractivity contribution in [2.24, 2.45) is 0 Å². The number of aliphatic hydroxyl groups excluding tert-OH is 1. The van der Waals surface area contributed by atoms with Gasteiger partial charge in [-0.2, -0.15) is 0 Å². The van der Waals surface area contributed by atoms with Crippen molar-refractivity contribution in [1.82, 2.24) is 5.09 Å². The Morgan fingerprint density at radius 2 is 2.43 bits per heavy atom. The summed E-state index contributed by atoms with van der Waals surface area (Å²) in [6.45, 7) is 4.28. The first-order chi connectivity index (χ1) is 3.31. The summed E-state index contributed by atoms with van der Waals surface area (Å²) < 4.78 is 0. The van der Waals surface area contributed by atoms with Crippen LogP contribution in [0.25, 0.3) is 0 Å². The smallest absolute Gasteiger partial charge is 0.0651 e. The van der Waals surface area contributed by atoms with Crippen LogP contribution in [0.5, 0.6) is 0 Å². The molecule has 0 spiro atoms. The fourth-order valence-electron chi connectivity index (χ4n) is 0.200. The Bertz CT molecular complexity index is 64.7. The molecule has 2 nitrogen and oxygen atoms in total. The summed E-state index contributed by atoms with van der Waals surface area (Å²) >= 11 is 0. The minimum absolute atomic E-state index is 0.0708. The normalized spacial score (nSPS) is 8.86. The zero-order chi connectivity index (χ0) is 5.70. The van der Waals surface area contributed by atoms with Gasteiger partial charge < -0.3 is 5.11 Å². The van der Waals surface area contributed by atoms with Gasteiger partial charge in [0.25, 0.3) is 0 Å². The molecule has 42 valence electrons. The molecule has 7 heavy (non-hydrogen) atoms. The average Bonchev–Trinajstić information content (AvgIpc) is 1.68. The Morgan fingerprint density at radius 3 is 2.57 bits per heavy atom. The van der Waals surface area contributed by atoms with Gasteiger partial charge in [-0.1, -0.05) is 16.0 Å². The van der Waals surface area contributed by atoms with E-state index in [1.807, 2.05) is 0 Å². The van der Waals surface area contributed by atoms with E-state index in [0.29, 0.717) is 6.54 Å². The number of hydrogen-bond acceptors (Lipinski definition) is 2. The SMILES string of the molecule is C=C(CO)CNP. The summed E-state index contributed by atoms with van der Waals surface area (Å²) in [5.41, 5.74) is 0.801. The van der Waals surface area contributed by atoms with Crippen molar-refractivity contribution in [3.63, 3.8) is 0 Å². The van der Waals surface area contributed by atoms with E-state index in [9.17, 15) is 0 Å². The van der Waals surface area contributed by atoms with Crippen LogP contribution in [0.3, 0.4) is 0 Å². The van der Waals surface area contributed by atoms with Gasteiger partial charge in [-0.25, -0.2) is 0 Å². The number of rotatable bonds is 3. The first-order valence-electron chi connectivity index (χ1n) is 2.02. The molecule has 0 fully saturated rings. The number of aliphatic hydroxyl groups is 1. The maximum Gasteiger partial charge on any atom is 0.0651 e. The van der Waals surface area contributed by atoms with Gasteiger partial charge in [0.05, 0.1) is 6.61 Å². The number of nitrogens with one attached hydrogen (secondary N) is 1. The van der Waals surface area contributed by atoms with E-state index < -0.39 is 0 Å². The molecule has 0 saturated heterocycles. The summed E-state index contributed by atoms with van der Waals surface area (Å²) in [6.07, 6.45) is 0. The molecule has 0 aliphatic rings. The third kappa shape index (κ3) is 3.93. The van der Waals surface area contributed by atoms with Gasteiger partial charge >= 0.3 is 0 Å². The van der Waals surface area contributed by atoms with E-state index in [-0.39, 0.29) is 6.61 Å². The lowest BCUT2D eigenvalue weighted by Gasteiger charge is -1.95. The summed E-state index contributed by atoms with van der Waals surface area (Å²) in [6, 6.07) is 0. The number of hydrogen-bond donors (Lipinski definition) is 2. The van der Waals surface area contributed by atoms with Crippen molar-refractivity contribution >= 4 is 9.39 Å². The van der Waals surface area contributed by atoms with Crippen molar-refractivity contribution in [2.45, 2.75) is 0 Å². The van der Waals surface area contributed by atoms with Gasteiger partial charge in [0.1, 0.15) is 0 Å².